The lowest BCUT2D eigenvalue weighted by molar-refractivity contribution is -0.103. The number of esters is 1. The largest absolute Gasteiger partial charge is 0.454 e. The number of thiol groups is 1. The minimum absolute atomic E-state index is 0.103. The van der Waals surface area contributed by atoms with E-state index in [1.165, 1.54) is 0 Å². The van der Waals surface area contributed by atoms with Crippen LogP contribution >= 0.6 is 28.6 Å². The van der Waals surface area contributed by atoms with Crippen molar-refractivity contribution in [3.63, 3.8) is 0 Å². The number of halogens is 1. The van der Waals surface area contributed by atoms with E-state index in [0.29, 0.717) is 23.7 Å². The maximum absolute atomic E-state index is 11.6. The van der Waals surface area contributed by atoms with Crippen molar-refractivity contribution in [2.45, 2.75) is 11.0 Å². The Morgan fingerprint density at radius 1 is 1.53 bits per heavy atom. The first-order valence-corrected chi connectivity index (χ1v) is 5.68. The van der Waals surface area contributed by atoms with Gasteiger partial charge in [0.2, 0.25) is 0 Å². The average Bonchev–Trinajstić information content (AvgIpc) is 2.11. The molecular formula is C10H9BrO3S. The molecule has 0 unspecified atom stereocenters. The van der Waals surface area contributed by atoms with Crippen LogP contribution in [-0.4, -0.2) is 25.3 Å². The third kappa shape index (κ3) is 2.53. The third-order valence-electron chi connectivity index (χ3n) is 2.06. The summed E-state index contributed by atoms with van der Waals surface area (Å²) in [6.45, 7) is 0.981. The van der Waals surface area contributed by atoms with Crippen LogP contribution in [0.4, 0.5) is 0 Å². The maximum Gasteiger partial charge on any atom is 0.339 e. The Morgan fingerprint density at radius 2 is 2.27 bits per heavy atom. The molecule has 0 aromatic heterocycles. The number of hydrogen-bond donors (Lipinski definition) is 1. The Morgan fingerprint density at radius 3 is 2.80 bits per heavy atom. The Labute approximate surface area is 101 Å². The van der Waals surface area contributed by atoms with Crippen LogP contribution in [0.2, 0.25) is 0 Å². The van der Waals surface area contributed by atoms with E-state index >= 15 is 0 Å². The number of carbonyl (C=O) groups is 1. The van der Waals surface area contributed by atoms with Gasteiger partial charge in [0.05, 0.1) is 18.8 Å². The fraction of sp³-hybridized carbons (Fsp3) is 0.300. The predicted octanol–water partition coefficient (Wildman–Crippen LogP) is 2.29. The highest BCUT2D eigenvalue weighted by molar-refractivity contribution is 9.10. The van der Waals surface area contributed by atoms with Gasteiger partial charge in [-0.05, 0) is 18.2 Å². The molecule has 1 saturated heterocycles. The fourth-order valence-corrected chi connectivity index (χ4v) is 2.02. The van der Waals surface area contributed by atoms with Crippen LogP contribution in [0.15, 0.2) is 27.6 Å². The van der Waals surface area contributed by atoms with Crippen molar-refractivity contribution in [1.29, 1.82) is 0 Å². The zero-order valence-corrected chi connectivity index (χ0v) is 10.3. The van der Waals surface area contributed by atoms with E-state index in [9.17, 15) is 4.79 Å². The lowest BCUT2D eigenvalue weighted by Gasteiger charge is -2.25. The van der Waals surface area contributed by atoms with Crippen molar-refractivity contribution in [2.75, 3.05) is 13.2 Å². The summed E-state index contributed by atoms with van der Waals surface area (Å²) in [5.74, 6) is -0.346. The van der Waals surface area contributed by atoms with Gasteiger partial charge >= 0.3 is 5.97 Å². The smallest absolute Gasteiger partial charge is 0.339 e. The van der Waals surface area contributed by atoms with Gasteiger partial charge in [0.15, 0.2) is 0 Å². The lowest BCUT2D eigenvalue weighted by Crippen LogP contribution is -2.37. The molecule has 2 rings (SSSR count). The van der Waals surface area contributed by atoms with Gasteiger partial charge in [0.1, 0.15) is 6.10 Å². The zero-order chi connectivity index (χ0) is 10.8. The Bertz CT molecular complexity index is 390. The molecule has 3 nitrogen and oxygen atoms in total. The van der Waals surface area contributed by atoms with Gasteiger partial charge in [-0.2, -0.15) is 0 Å². The molecule has 0 atom stereocenters. The van der Waals surface area contributed by atoms with Gasteiger partial charge in [0, 0.05) is 9.37 Å². The van der Waals surface area contributed by atoms with Crippen molar-refractivity contribution in [3.05, 3.63) is 28.2 Å². The molecule has 0 N–H and O–H groups in total. The van der Waals surface area contributed by atoms with Gasteiger partial charge in [0.25, 0.3) is 0 Å². The van der Waals surface area contributed by atoms with Crippen LogP contribution in [0.5, 0.6) is 0 Å². The summed E-state index contributed by atoms with van der Waals surface area (Å²) in [5.41, 5.74) is 0.480. The second-order valence-corrected chi connectivity index (χ2v) is 4.62. The summed E-state index contributed by atoms with van der Waals surface area (Å²) >= 11 is 7.51. The number of carbonyl (C=O) groups excluding carboxylic acids is 1. The summed E-state index contributed by atoms with van der Waals surface area (Å²) in [4.78, 5) is 12.2. The van der Waals surface area contributed by atoms with Crippen molar-refractivity contribution in [2.24, 2.45) is 0 Å². The topological polar surface area (TPSA) is 35.5 Å². The van der Waals surface area contributed by atoms with E-state index in [-0.39, 0.29) is 12.1 Å². The van der Waals surface area contributed by atoms with Gasteiger partial charge in [-0.3, -0.25) is 0 Å². The van der Waals surface area contributed by atoms with Crippen LogP contribution < -0.4 is 0 Å². The average molecular weight is 289 g/mol. The van der Waals surface area contributed by atoms with E-state index in [0.717, 1.165) is 4.47 Å². The van der Waals surface area contributed by atoms with Crippen LogP contribution in [0.25, 0.3) is 0 Å². The molecule has 1 aliphatic heterocycles. The molecular weight excluding hydrogens is 280 g/mol. The maximum atomic E-state index is 11.6. The normalized spacial score (nSPS) is 15.9. The van der Waals surface area contributed by atoms with E-state index in [2.05, 4.69) is 28.6 Å². The Balaban J connectivity index is 2.10. The molecule has 1 aromatic rings. The van der Waals surface area contributed by atoms with Gasteiger partial charge in [-0.15, -0.1) is 12.6 Å². The summed E-state index contributed by atoms with van der Waals surface area (Å²) in [6, 6.07) is 5.23. The second-order valence-electron chi connectivity index (χ2n) is 3.23. The highest BCUT2D eigenvalue weighted by Gasteiger charge is 2.24. The second kappa shape index (κ2) is 4.55. The van der Waals surface area contributed by atoms with Gasteiger partial charge in [-0.1, -0.05) is 15.9 Å². The first-order chi connectivity index (χ1) is 7.16. The highest BCUT2D eigenvalue weighted by atomic mass is 79.9. The van der Waals surface area contributed by atoms with Crippen molar-refractivity contribution >= 4 is 34.5 Å². The highest BCUT2D eigenvalue weighted by Crippen LogP contribution is 2.21. The first kappa shape index (κ1) is 11.0. The van der Waals surface area contributed by atoms with Gasteiger partial charge in [-0.25, -0.2) is 4.79 Å². The molecule has 0 aliphatic carbocycles. The monoisotopic (exact) mass is 288 g/mol. The van der Waals surface area contributed by atoms with E-state index in [1.807, 2.05) is 0 Å². The Hall–Kier alpha value is -0.520. The van der Waals surface area contributed by atoms with E-state index in [4.69, 9.17) is 9.47 Å². The predicted molar refractivity (Wildman–Crippen MR) is 61.4 cm³/mol. The molecule has 0 spiro atoms. The number of rotatable bonds is 2. The van der Waals surface area contributed by atoms with Crippen molar-refractivity contribution < 1.29 is 14.3 Å². The third-order valence-corrected chi connectivity index (χ3v) is 2.92. The van der Waals surface area contributed by atoms with Crippen LogP contribution in [-0.2, 0) is 9.47 Å². The standard InChI is InChI=1S/C10H9BrO3S/c11-6-1-2-8(9(15)3-6)10(12)14-7-4-13-5-7/h1-3,7,15H,4-5H2. The molecule has 15 heavy (non-hydrogen) atoms. The van der Waals surface area contributed by atoms with Crippen LogP contribution in [0.3, 0.4) is 0 Å². The first-order valence-electron chi connectivity index (χ1n) is 4.44. The molecule has 80 valence electrons. The van der Waals surface area contributed by atoms with Crippen LogP contribution in [0.1, 0.15) is 10.4 Å². The van der Waals surface area contributed by atoms with Crippen molar-refractivity contribution in [1.82, 2.24) is 0 Å². The minimum atomic E-state index is -0.346. The quantitative estimate of drug-likeness (QED) is 0.670. The molecule has 5 heteroatoms. The molecule has 0 saturated carbocycles. The summed E-state index contributed by atoms with van der Waals surface area (Å²) in [7, 11) is 0. The molecule has 0 radical (unpaired) electrons. The zero-order valence-electron chi connectivity index (χ0n) is 7.77. The fourth-order valence-electron chi connectivity index (χ4n) is 1.17. The molecule has 0 amide bonds. The number of benzene rings is 1. The SMILES string of the molecule is O=C(OC1COC1)c1ccc(Br)cc1S. The number of hydrogen-bond acceptors (Lipinski definition) is 4. The lowest BCUT2D eigenvalue weighted by atomic mass is 10.2. The molecule has 1 aliphatic rings. The molecule has 1 aromatic carbocycles. The van der Waals surface area contributed by atoms with Crippen LogP contribution in [0, 0.1) is 0 Å². The molecule has 1 fully saturated rings. The molecule has 0 bridgehead atoms. The summed E-state index contributed by atoms with van der Waals surface area (Å²) in [5, 5.41) is 0. The minimum Gasteiger partial charge on any atom is -0.454 e. The Kier molecular flexibility index (Phi) is 3.33. The van der Waals surface area contributed by atoms with Gasteiger partial charge < -0.3 is 9.47 Å². The summed E-state index contributed by atoms with van der Waals surface area (Å²) in [6.07, 6.45) is -0.103. The van der Waals surface area contributed by atoms with Crippen molar-refractivity contribution in [3.8, 4) is 0 Å². The van der Waals surface area contributed by atoms with E-state index < -0.39 is 0 Å². The molecule has 1 heterocycles. The number of ether oxygens (including phenoxy) is 2. The van der Waals surface area contributed by atoms with E-state index in [1.54, 1.807) is 18.2 Å². The summed E-state index contributed by atoms with van der Waals surface area (Å²) < 4.78 is 11.0.